The van der Waals surface area contributed by atoms with Crippen molar-refractivity contribution in [1.82, 2.24) is 25.8 Å². The second-order valence-corrected chi connectivity index (χ2v) is 36.9. The molecule has 0 spiro atoms. The number of aliphatic imine (C=N–C) groups is 16. The number of hydrogen-bond acceptors (Lipinski definition) is 28. The molecule has 1 aromatic rings. The lowest BCUT2D eigenvalue weighted by Crippen LogP contribution is -2.49. The lowest BCUT2D eigenvalue weighted by atomic mass is 9.97. The Kier molecular flexibility index (Phi) is 54.9. The molecule has 19 atom stereocenters. The first-order valence-corrected chi connectivity index (χ1v) is 48.4. The summed E-state index contributed by atoms with van der Waals surface area (Å²) in [5.74, 6) is -28.0. The van der Waals surface area contributed by atoms with Crippen molar-refractivity contribution >= 4 is 154 Å². The number of aliphatic carboxylic acids is 5. The Balaban J connectivity index is 2.21. The van der Waals surface area contributed by atoms with Crippen LogP contribution in [0.25, 0.3) is 0 Å². The van der Waals surface area contributed by atoms with Crippen molar-refractivity contribution < 1.29 is 146 Å². The minimum atomic E-state index is -2.09. The van der Waals surface area contributed by atoms with Gasteiger partial charge in [-0.15, -0.1) is 0 Å². The van der Waals surface area contributed by atoms with Crippen LogP contribution >= 0.6 is 0 Å². The van der Waals surface area contributed by atoms with E-state index in [1.165, 1.54) is 51.3 Å². The third-order valence-corrected chi connectivity index (χ3v) is 23.1. The lowest BCUT2D eigenvalue weighted by molar-refractivity contribution is -0.141. The fraction of sp³-hybridized carbons (Fsp3) is 0.652. The van der Waals surface area contributed by atoms with Gasteiger partial charge in [0.15, 0.2) is 35.9 Å². The summed E-state index contributed by atoms with van der Waals surface area (Å²) in [6, 6.07) is -20.1. The molecule has 3 rings (SSSR count). The van der Waals surface area contributed by atoms with Crippen LogP contribution in [-0.2, 0) is 40.0 Å². The summed E-state index contributed by atoms with van der Waals surface area (Å²) in [5.41, 5.74) is 22.9. The highest BCUT2D eigenvalue weighted by Crippen LogP contribution is 2.29. The molecule has 0 radical (unpaired) electrons. The first kappa shape index (κ1) is 128. The topological polar surface area (TPSA) is 981 Å². The summed E-state index contributed by atoms with van der Waals surface area (Å²) < 4.78 is 0. The Bertz CT molecular complexity index is 5150. The van der Waals surface area contributed by atoms with Gasteiger partial charge in [0.25, 0.3) is 0 Å². The standard InChI is InChI=1S/C92H150N28O29/c1-13-47(10)71(118-84(143)62-28-21-35-120(62)87(146)70(46(8)9)117-81(140)59(40-67(129)130)113-78(137)56(36-43(2)3)110-74(133)51(93)38-65(125)126)88(147)119-34-20-27-61(119)83(142)103-41-63(122)106-52(24-17-31-100-90(94)95)75(134)111-57(37-50-22-15-14-16-23-50)79(138)112-58(39-66(127)128)80(139)108-53(25-18-32-101-91(96)97)76(135)107-54(26-19-33-102-92(98)99)77(136)115-69(45(6)7)86(145)114-60(42-121)82(141)116-68(44(4)5)85(144)105-48(11)72(131)104-49(12)73(132)109-55(89(148)149)29-30-64(123)124/h14-16,22-23,43-49,51-62,68-71,121H,13,17-21,24-42,93H2,1-12H3,(H,103,142)(H,104,131)(H,105,144)(H,106,122)(H,107,135)(H,108,139)(H,109,132)(H,110,133)(H,111,134)(H,112,138)(H,113,137)(H,114,145)(H,115,136)(H,116,141)(H,117,140)(H,118,143)(H,123,124)(H,125,126)(H,127,128)(H,129,130)(H,148,149)(H4,94,95,100)(H4,96,97,101)(H4,98,99,102)/t47-,48-,49-,51-,52-,53-,54-,55-,56-,57-,58-,59-,60-,61-,62-,68-,69-,70-,71-/m0/s1. The number of aliphatic hydroxyl groups excluding tert-OH is 17. The highest BCUT2D eigenvalue weighted by atomic mass is 16.4. The molecule has 149 heavy (non-hydrogen) atoms. The van der Waals surface area contributed by atoms with Crippen molar-refractivity contribution in [2.24, 2.45) is 132 Å². The zero-order chi connectivity index (χ0) is 113. The van der Waals surface area contributed by atoms with E-state index >= 15 is 0 Å². The van der Waals surface area contributed by atoms with Crippen LogP contribution in [-0.4, -0.2) is 431 Å². The molecule has 0 aromatic heterocycles. The average molecular weight is 2110 g/mol. The van der Waals surface area contributed by atoms with E-state index in [9.17, 15) is 141 Å². The predicted octanol–water partition coefficient (Wildman–Crippen LogP) is 4.63. The Hall–Kier alpha value is -15.2. The zero-order valence-electron chi connectivity index (χ0n) is 85.4. The maximum atomic E-state index is 14.9. The normalized spacial score (nSPS) is 19.4. The molecule has 0 saturated carbocycles. The average Bonchev–Trinajstić information content (AvgIpc) is 1.69. The first-order valence-electron chi connectivity index (χ1n) is 48.4. The summed E-state index contributed by atoms with van der Waals surface area (Å²) in [7, 11) is 0. The number of nitrogens with zero attached hydrogens (tertiary/aromatic N) is 18. The molecule has 2 aliphatic rings. The monoisotopic (exact) mass is 2110 g/mol. The molecule has 57 heteroatoms. The molecule has 2 aliphatic heterocycles. The summed E-state index contributed by atoms with van der Waals surface area (Å²) in [6.07, 6.45) is -4.14. The summed E-state index contributed by atoms with van der Waals surface area (Å²) in [4.78, 5) is 157. The lowest BCUT2D eigenvalue weighted by Gasteiger charge is -2.31. The minimum absolute atomic E-state index is 0.0119. The summed E-state index contributed by atoms with van der Waals surface area (Å²) in [6.45, 7) is 16.5. The molecule has 1 aromatic carbocycles. The minimum Gasteiger partial charge on any atom is -0.495 e. The number of hydrogen-bond donors (Lipinski definition) is 32. The second-order valence-electron chi connectivity index (χ2n) is 36.9. The van der Waals surface area contributed by atoms with Crippen molar-refractivity contribution in [2.75, 3.05) is 45.9 Å². The predicted molar refractivity (Wildman–Crippen MR) is 561 cm³/mol. The van der Waals surface area contributed by atoms with Gasteiger partial charge < -0.3 is 161 Å². The quantitative estimate of drug-likeness (QED) is 0.0240. The van der Waals surface area contributed by atoms with Gasteiger partial charge in [-0.05, 0) is 126 Å². The maximum absolute atomic E-state index is 14.9. The summed E-state index contributed by atoms with van der Waals surface area (Å²) in [5, 5.41) is 274. The van der Waals surface area contributed by atoms with Gasteiger partial charge in [-0.2, -0.15) is 0 Å². The number of nitrogens with one attached hydrogen (secondary N) is 6. The molecular weight excluding hydrogens is 1960 g/mol. The van der Waals surface area contributed by atoms with Crippen LogP contribution in [0.4, 0.5) is 0 Å². The van der Waals surface area contributed by atoms with Crippen molar-refractivity contribution in [3.63, 3.8) is 0 Å². The van der Waals surface area contributed by atoms with Gasteiger partial charge in [-0.3, -0.25) is 45.0 Å². The third kappa shape index (κ3) is 45.3. The zero-order valence-corrected chi connectivity index (χ0v) is 85.4. The number of benzene rings is 1. The number of carbonyl (C=O) groups excluding carboxylic acids is 2. The van der Waals surface area contributed by atoms with Crippen LogP contribution < -0.4 is 38.9 Å². The Morgan fingerprint density at radius 2 is 0.752 bits per heavy atom. The molecule has 36 N–H and O–H groups in total. The van der Waals surface area contributed by atoms with E-state index in [-0.39, 0.29) is 103 Å². The van der Waals surface area contributed by atoms with E-state index < -0.39 is 332 Å². The molecular formula is C92H150N28O29. The van der Waals surface area contributed by atoms with E-state index in [0.717, 1.165) is 0 Å². The van der Waals surface area contributed by atoms with Gasteiger partial charge in [0.1, 0.15) is 97.2 Å². The fourth-order valence-corrected chi connectivity index (χ4v) is 14.8. The number of carboxylic acid groups (broad SMARTS) is 5. The SMILES string of the molecule is CC[C@H](C)[C@H](N=C(O)[C@@H]1CCCN1C(=O)[C@@H](N=C(O)[C@H](CC(=O)O)N=C(O)[C@H](CC(C)C)N=C(O)[C@@H](N)CC(=O)O)C(C)C)C(=O)N1CCC[C@H]1C(O)=NCC(O)=N[C@@H](CCCNC(=N)N)C(O)=N[C@@H](Cc1ccccc1)C(O)=N[C@@H](CC(=O)O)C(O)=N[C@@H](CCCNC(=N)N)C(O)=N[C@@H](CCCNC(=N)N)C(O)=N[C@H](C(O)=N[C@@H](CO)C(O)=N[C@H](C(O)=N[C@@H](C)C(O)=N[C@@H](C)C(O)=N[C@@H](CCC(=O)O)C(=O)O)C(C)C)C(C)C. The van der Waals surface area contributed by atoms with Crippen LogP contribution in [0, 0.1) is 45.8 Å². The smallest absolute Gasteiger partial charge is 0.328 e. The molecule has 0 unspecified atom stereocenters. The number of carboxylic acids is 5. The Morgan fingerprint density at radius 1 is 0.389 bits per heavy atom. The number of amides is 2. The highest BCUT2D eigenvalue weighted by molar-refractivity contribution is 5.99. The Morgan fingerprint density at radius 3 is 1.18 bits per heavy atom. The van der Waals surface area contributed by atoms with Crippen LogP contribution in [0.5, 0.6) is 0 Å². The van der Waals surface area contributed by atoms with Gasteiger partial charge in [0.05, 0.1) is 31.9 Å². The maximum Gasteiger partial charge on any atom is 0.328 e. The number of rotatable bonds is 66. The number of aliphatic hydroxyl groups is 17. The number of carbonyl (C=O) groups is 7. The molecule has 2 fully saturated rings. The van der Waals surface area contributed by atoms with Gasteiger partial charge in [0.2, 0.25) is 100 Å². The first-order chi connectivity index (χ1) is 69.8. The molecule has 0 bridgehead atoms. The van der Waals surface area contributed by atoms with Crippen LogP contribution in [0.1, 0.15) is 198 Å². The van der Waals surface area contributed by atoms with Crippen molar-refractivity contribution in [3.05, 3.63) is 35.9 Å². The molecule has 832 valence electrons. The van der Waals surface area contributed by atoms with Gasteiger partial charge in [0, 0.05) is 45.6 Å². The van der Waals surface area contributed by atoms with E-state index in [4.69, 9.17) is 44.3 Å². The number of likely N-dealkylation sites (tertiary alicyclic amines) is 2. The van der Waals surface area contributed by atoms with Crippen molar-refractivity contribution in [2.45, 2.75) is 307 Å². The molecule has 2 heterocycles. The van der Waals surface area contributed by atoms with E-state index in [1.807, 2.05) is 0 Å². The van der Waals surface area contributed by atoms with Crippen LogP contribution in [0.3, 0.4) is 0 Å². The molecule has 57 nitrogen and oxygen atoms in total. The van der Waals surface area contributed by atoms with Crippen molar-refractivity contribution in [1.29, 1.82) is 16.2 Å². The third-order valence-electron chi connectivity index (χ3n) is 23.1. The largest absolute Gasteiger partial charge is 0.495 e. The molecule has 0 aliphatic carbocycles. The van der Waals surface area contributed by atoms with E-state index in [1.54, 1.807) is 71.9 Å². The molecule has 2 saturated heterocycles. The summed E-state index contributed by atoms with van der Waals surface area (Å²) >= 11 is 0. The van der Waals surface area contributed by atoms with Crippen LogP contribution in [0.2, 0.25) is 0 Å². The Labute approximate surface area is 859 Å². The van der Waals surface area contributed by atoms with E-state index in [2.05, 4.69) is 95.8 Å². The van der Waals surface area contributed by atoms with Gasteiger partial charge in [-0.1, -0.05) is 106 Å². The van der Waals surface area contributed by atoms with E-state index in [0.29, 0.717) is 24.8 Å². The van der Waals surface area contributed by atoms with Crippen molar-refractivity contribution in [3.8, 4) is 0 Å². The fourth-order valence-electron chi connectivity index (χ4n) is 14.8. The van der Waals surface area contributed by atoms with Gasteiger partial charge in [-0.25, -0.2) is 84.7 Å². The molecule has 2 amide bonds. The highest BCUT2D eigenvalue weighted by Gasteiger charge is 2.43. The van der Waals surface area contributed by atoms with Gasteiger partial charge >= 0.3 is 29.8 Å². The van der Waals surface area contributed by atoms with Crippen LogP contribution in [0.15, 0.2) is 110 Å². The number of guanidine groups is 3. The second kappa shape index (κ2) is 64.0. The number of nitrogens with two attached hydrogens (primary N) is 4.